The van der Waals surface area contributed by atoms with E-state index < -0.39 is 32.1 Å². The molecule has 0 aliphatic carbocycles. The van der Waals surface area contributed by atoms with Crippen molar-refractivity contribution in [3.8, 4) is 23.3 Å². The van der Waals surface area contributed by atoms with E-state index in [9.17, 15) is 30.0 Å². The fourth-order valence-electron chi connectivity index (χ4n) is 6.78. The van der Waals surface area contributed by atoms with Crippen molar-refractivity contribution in [3.63, 3.8) is 0 Å². The van der Waals surface area contributed by atoms with Gasteiger partial charge in [-0.3, -0.25) is 4.79 Å². The van der Waals surface area contributed by atoms with E-state index in [1.165, 1.54) is 20.4 Å². The van der Waals surface area contributed by atoms with Crippen molar-refractivity contribution < 1.29 is 53.7 Å². The predicted octanol–water partition coefficient (Wildman–Crippen LogP) is 7.15. The zero-order valence-electron chi connectivity index (χ0n) is 41.5. The summed E-state index contributed by atoms with van der Waals surface area (Å²) in [6.45, 7) is 8.99. The van der Waals surface area contributed by atoms with Crippen LogP contribution in [0.25, 0.3) is 0 Å². The molecule has 0 saturated heterocycles. The van der Waals surface area contributed by atoms with Crippen LogP contribution in [0.1, 0.15) is 84.3 Å². The van der Waals surface area contributed by atoms with Gasteiger partial charge in [0.1, 0.15) is 32.9 Å². The summed E-state index contributed by atoms with van der Waals surface area (Å²) in [6.07, 6.45) is 0.578. The molecule has 72 heavy (non-hydrogen) atoms. The summed E-state index contributed by atoms with van der Waals surface area (Å²) >= 11 is 0. The van der Waals surface area contributed by atoms with E-state index in [4.69, 9.17) is 40.2 Å². The van der Waals surface area contributed by atoms with Crippen LogP contribution < -0.4 is 41.0 Å². The van der Waals surface area contributed by atoms with Crippen LogP contribution in [0.15, 0.2) is 82.8 Å². The largest absolute Gasteiger partial charge is 0.497 e. The maximum absolute atomic E-state index is 12.6. The summed E-state index contributed by atoms with van der Waals surface area (Å²) in [5.41, 5.74) is 17.9. The molecule has 6 N–H and O–H groups in total. The molecule has 0 saturated carbocycles. The monoisotopic (exact) mass is 1040 g/mol. The van der Waals surface area contributed by atoms with Gasteiger partial charge in [0.25, 0.3) is 0 Å². The Morgan fingerprint density at radius 3 is 1.40 bits per heavy atom. The summed E-state index contributed by atoms with van der Waals surface area (Å²) in [6, 6.07) is 18.8. The standard InChI is InChI=1S/C31H37N5O5S.C15H21N5O3S.C2HF3O/c1-20(2)28-23(16-27(42(6,37)38)30(35-28)41-5)15-24-19-34-31(33-18-22-9-13-26(40-4)14-10-22)36-29(24)32-17-21-7-11-25(39-3)12-8-21;1-8(2)12-9(5-10-7-18-15(17)20-13(10)16)6-11(24(4,21)22)14(19-12)23-3;3-2(4,5)1-6/h7-14,16,19-20H,15,17-18H2,1-6H3,(H2,32,33,34,36);6-8H,5H2,1-4H3,(H4,16,17,18,20);1H. The lowest BCUT2D eigenvalue weighted by molar-refractivity contribution is -0.156. The van der Waals surface area contributed by atoms with Crippen LogP contribution in [0.4, 0.5) is 36.7 Å². The lowest BCUT2D eigenvalue weighted by Gasteiger charge is -2.18. The number of pyridine rings is 2. The smallest absolute Gasteiger partial charge is 0.446 e. The number of nitrogens with two attached hydrogens (primary N) is 2. The van der Waals surface area contributed by atoms with Gasteiger partial charge in [-0.1, -0.05) is 52.0 Å². The molecule has 4 heterocycles. The molecule has 0 radical (unpaired) electrons. The van der Waals surface area contributed by atoms with Gasteiger partial charge in [0.2, 0.25) is 29.9 Å². The molecule has 0 aliphatic rings. The minimum absolute atomic E-state index is 0.0320. The van der Waals surface area contributed by atoms with Crippen LogP contribution in [0.2, 0.25) is 0 Å². The van der Waals surface area contributed by atoms with E-state index in [0.717, 1.165) is 63.2 Å². The van der Waals surface area contributed by atoms with Gasteiger partial charge in [-0.2, -0.15) is 23.1 Å². The first-order chi connectivity index (χ1) is 33.8. The number of nitrogen functional groups attached to an aromatic ring is 2. The third-order valence-electron chi connectivity index (χ3n) is 10.3. The molecule has 6 rings (SSSR count). The molecule has 6 aromatic rings. The van der Waals surface area contributed by atoms with E-state index in [2.05, 4.69) is 35.6 Å². The summed E-state index contributed by atoms with van der Waals surface area (Å²) in [7, 11) is -0.972. The molecule has 0 atom stereocenters. The fourth-order valence-corrected chi connectivity index (χ4v) is 8.38. The number of rotatable bonds is 18. The SMILES string of the molecule is COc1ccc(CNc2ncc(Cc3cc(S(C)(=O)=O)c(OC)nc3C(C)C)c(NCc3ccc(OC)cc3)n2)cc1.COc1nc(C(C)C)c(Cc2cnc(N)nc2N)cc1S(C)(=O)=O.O=CC(F)(F)F. The molecule has 0 spiro atoms. The van der Waals surface area contributed by atoms with Crippen molar-refractivity contribution in [3.05, 3.63) is 118 Å². The zero-order chi connectivity index (χ0) is 53.6. The first-order valence-electron chi connectivity index (χ1n) is 21.9. The molecule has 19 nitrogen and oxygen atoms in total. The zero-order valence-corrected chi connectivity index (χ0v) is 43.1. The van der Waals surface area contributed by atoms with Gasteiger partial charge in [0, 0.05) is 62.0 Å². The quantitative estimate of drug-likeness (QED) is 0.0622. The van der Waals surface area contributed by atoms with Gasteiger partial charge in [0.05, 0.1) is 39.8 Å². The van der Waals surface area contributed by atoms with E-state index in [0.29, 0.717) is 43.3 Å². The van der Waals surface area contributed by atoms with Crippen molar-refractivity contribution in [2.45, 2.75) is 81.4 Å². The number of carbonyl (C=O) groups is 1. The molecular formula is C48H59F3N10O9S2. The number of alkyl halides is 3. The number of nitrogens with one attached hydrogen (secondary N) is 2. The highest BCUT2D eigenvalue weighted by atomic mass is 32.2. The molecule has 0 unspecified atom stereocenters. The Kier molecular flexibility index (Phi) is 20.0. The minimum Gasteiger partial charge on any atom is -0.497 e. The van der Waals surface area contributed by atoms with Crippen molar-refractivity contribution in [1.82, 2.24) is 29.9 Å². The Morgan fingerprint density at radius 1 is 0.611 bits per heavy atom. The number of sulfone groups is 2. The van der Waals surface area contributed by atoms with E-state index in [-0.39, 0.29) is 45.2 Å². The number of anilines is 4. The van der Waals surface area contributed by atoms with Gasteiger partial charge in [-0.05, 0) is 70.5 Å². The lowest BCUT2D eigenvalue weighted by atomic mass is 9.98. The molecule has 0 bridgehead atoms. The maximum Gasteiger partial charge on any atom is 0.446 e. The number of aldehydes is 1. The van der Waals surface area contributed by atoms with E-state index in [1.807, 2.05) is 76.2 Å². The average molecular weight is 1040 g/mol. The average Bonchev–Trinajstić information content (AvgIpc) is 3.33. The highest BCUT2D eigenvalue weighted by Gasteiger charge is 2.26. The van der Waals surface area contributed by atoms with Crippen LogP contribution in [0.3, 0.4) is 0 Å². The summed E-state index contributed by atoms with van der Waals surface area (Å²) in [5.74, 6) is 3.29. The van der Waals surface area contributed by atoms with Crippen molar-refractivity contribution in [1.29, 1.82) is 0 Å². The third-order valence-corrected chi connectivity index (χ3v) is 12.5. The molecule has 2 aromatic carbocycles. The summed E-state index contributed by atoms with van der Waals surface area (Å²) in [5, 5.41) is 6.73. The molecule has 24 heteroatoms. The van der Waals surface area contributed by atoms with Crippen molar-refractivity contribution >= 4 is 49.5 Å². The number of benzene rings is 2. The Balaban J connectivity index is 0.000000314. The topological polar surface area (TPSA) is 276 Å². The number of hydrogen-bond donors (Lipinski definition) is 4. The predicted molar refractivity (Wildman–Crippen MR) is 267 cm³/mol. The number of hydrogen-bond acceptors (Lipinski definition) is 19. The number of methoxy groups -OCH3 is 4. The Bertz CT molecular complexity index is 3020. The van der Waals surface area contributed by atoms with Crippen molar-refractivity contribution in [2.75, 3.05) is 63.1 Å². The van der Waals surface area contributed by atoms with E-state index >= 15 is 0 Å². The van der Waals surface area contributed by atoms with Crippen LogP contribution in [0.5, 0.6) is 23.3 Å². The molecule has 388 valence electrons. The highest BCUT2D eigenvalue weighted by Crippen LogP contribution is 2.32. The fraction of sp³-hybridized carbons (Fsp3) is 0.354. The van der Waals surface area contributed by atoms with Gasteiger partial charge < -0.3 is 41.0 Å². The highest BCUT2D eigenvalue weighted by molar-refractivity contribution is 7.91. The van der Waals surface area contributed by atoms with Crippen LogP contribution in [0, 0.1) is 0 Å². The second-order valence-electron chi connectivity index (χ2n) is 16.6. The minimum atomic E-state index is -4.64. The van der Waals surface area contributed by atoms with Crippen LogP contribution >= 0.6 is 0 Å². The van der Waals surface area contributed by atoms with Gasteiger partial charge in [0.15, 0.2) is 19.7 Å². The van der Waals surface area contributed by atoms with E-state index in [1.54, 1.807) is 32.5 Å². The third kappa shape index (κ3) is 16.6. The van der Waals surface area contributed by atoms with Gasteiger partial charge in [-0.15, -0.1) is 0 Å². The molecule has 0 aliphatic heterocycles. The van der Waals surface area contributed by atoms with Crippen molar-refractivity contribution in [2.24, 2.45) is 0 Å². The summed E-state index contributed by atoms with van der Waals surface area (Å²) in [4.78, 5) is 35.0. The molecular weight excluding hydrogens is 982 g/mol. The molecule has 0 amide bonds. The first-order valence-corrected chi connectivity index (χ1v) is 25.6. The van der Waals surface area contributed by atoms with Gasteiger partial charge >= 0.3 is 6.18 Å². The maximum atomic E-state index is 12.6. The van der Waals surface area contributed by atoms with Crippen LogP contribution in [-0.2, 0) is 50.4 Å². The second kappa shape index (κ2) is 25.2. The first kappa shape index (κ1) is 57.2. The normalized spacial score (nSPS) is 11.4. The number of nitrogens with zero attached hydrogens (tertiary/aromatic N) is 6. The molecule has 4 aromatic heterocycles. The summed E-state index contributed by atoms with van der Waals surface area (Å²) < 4.78 is 101. The number of halogens is 3. The number of aromatic nitrogens is 6. The lowest BCUT2D eigenvalue weighted by Crippen LogP contribution is -2.12. The van der Waals surface area contributed by atoms with Gasteiger partial charge in [-0.25, -0.2) is 36.8 Å². The second-order valence-corrected chi connectivity index (χ2v) is 20.5. The molecule has 0 fully saturated rings. The Hall–Kier alpha value is -7.34. The van der Waals surface area contributed by atoms with Crippen LogP contribution in [-0.4, -0.2) is 100 Å². The Morgan fingerprint density at radius 2 is 1.03 bits per heavy atom. The Labute approximate surface area is 417 Å². The number of carbonyl (C=O) groups excluding carboxylic acids is 1. The number of ether oxygens (including phenoxy) is 4.